The lowest BCUT2D eigenvalue weighted by atomic mass is 10.00. The summed E-state index contributed by atoms with van der Waals surface area (Å²) < 4.78 is 68.3. The number of carbonyl (C=O) groups excluding carboxylic acids is 4. The monoisotopic (exact) mass is 1320 g/mol. The zero-order valence-electron chi connectivity index (χ0n) is 58.4. The summed E-state index contributed by atoms with van der Waals surface area (Å²) in [6, 6.07) is 0. The number of unbranched alkanes of at least 4 members (excludes halogenated alkanes) is 39. The molecule has 0 aromatic heterocycles. The van der Waals surface area contributed by atoms with Crippen molar-refractivity contribution in [1.82, 2.24) is 0 Å². The van der Waals surface area contributed by atoms with E-state index in [4.69, 9.17) is 37.0 Å². The van der Waals surface area contributed by atoms with E-state index in [1.54, 1.807) is 0 Å². The van der Waals surface area contributed by atoms with Gasteiger partial charge in [0.05, 0.1) is 26.4 Å². The van der Waals surface area contributed by atoms with Gasteiger partial charge >= 0.3 is 39.5 Å². The molecule has 0 radical (unpaired) electrons. The molecule has 534 valence electrons. The number of phosphoric ester groups is 2. The van der Waals surface area contributed by atoms with Gasteiger partial charge in [0.1, 0.15) is 19.3 Å². The lowest BCUT2D eigenvalue weighted by molar-refractivity contribution is -0.161. The lowest BCUT2D eigenvalue weighted by Gasteiger charge is -2.21. The molecule has 0 rings (SSSR count). The number of rotatable bonds is 70. The third-order valence-electron chi connectivity index (χ3n) is 16.8. The Bertz CT molecular complexity index is 1750. The Kier molecular flexibility index (Phi) is 61.8. The molecule has 17 nitrogen and oxygen atoms in total. The first-order valence-electron chi connectivity index (χ1n) is 37.0. The zero-order chi connectivity index (χ0) is 66.5. The summed E-state index contributed by atoms with van der Waals surface area (Å²) in [6.07, 6.45) is 48.6. The molecule has 90 heavy (non-hydrogen) atoms. The van der Waals surface area contributed by atoms with Crippen molar-refractivity contribution in [3.05, 3.63) is 0 Å². The topological polar surface area (TPSA) is 237 Å². The van der Waals surface area contributed by atoms with E-state index < -0.39 is 97.5 Å². The maximum Gasteiger partial charge on any atom is 0.472 e. The van der Waals surface area contributed by atoms with E-state index in [0.717, 1.165) is 102 Å². The van der Waals surface area contributed by atoms with Crippen LogP contribution in [0, 0.1) is 11.8 Å². The number of esters is 4. The second-order valence-electron chi connectivity index (χ2n) is 26.3. The third kappa shape index (κ3) is 63.5. The van der Waals surface area contributed by atoms with Gasteiger partial charge in [-0.1, -0.05) is 311 Å². The van der Waals surface area contributed by atoms with Crippen LogP contribution in [0.1, 0.15) is 363 Å². The number of aliphatic hydroxyl groups is 1. The van der Waals surface area contributed by atoms with Crippen molar-refractivity contribution in [2.75, 3.05) is 39.6 Å². The molecule has 6 atom stereocenters. The average molecular weight is 1330 g/mol. The summed E-state index contributed by atoms with van der Waals surface area (Å²) in [6.45, 7) is 9.51. The Morgan fingerprint density at radius 2 is 0.567 bits per heavy atom. The molecular formula is C71H138O17P2. The maximum atomic E-state index is 13.0. The summed E-state index contributed by atoms with van der Waals surface area (Å²) in [5, 5.41) is 10.6. The highest BCUT2D eigenvalue weighted by molar-refractivity contribution is 7.47. The molecule has 0 aliphatic rings. The molecular weight excluding hydrogens is 1190 g/mol. The Hall–Kier alpha value is -1.94. The van der Waals surface area contributed by atoms with Crippen molar-refractivity contribution in [2.45, 2.75) is 381 Å². The molecule has 0 spiro atoms. The van der Waals surface area contributed by atoms with Gasteiger partial charge in [0, 0.05) is 25.7 Å². The van der Waals surface area contributed by atoms with Gasteiger partial charge in [-0.05, 0) is 37.5 Å². The molecule has 0 aliphatic carbocycles. The van der Waals surface area contributed by atoms with Crippen LogP contribution in [0.5, 0.6) is 0 Å². The van der Waals surface area contributed by atoms with E-state index in [2.05, 4.69) is 41.5 Å². The normalized spacial score (nSPS) is 14.4. The standard InChI is InChI=1S/C71H138O17P2/c1-7-10-12-14-16-18-19-20-21-22-23-28-32-36-43-49-55-70(75)87-66(59-82-69(74)54-48-42-35-31-27-25-24-26-30-33-39-45-51-63(4)5)61-85-89(77,78)83-57-65(72)58-84-90(79,80)86-62-67(60-81-68(73)53-47-41-34-29-17-15-13-11-8-2)88-71(76)56-50-44-38-37-40-46-52-64(6)9-3/h63-67,72H,7-62H2,1-6H3,(H,77,78)(H,79,80)/t64?,65-,66-,67-/m1/s1. The minimum Gasteiger partial charge on any atom is -0.462 e. The van der Waals surface area contributed by atoms with E-state index >= 15 is 0 Å². The summed E-state index contributed by atoms with van der Waals surface area (Å²) in [4.78, 5) is 72.5. The van der Waals surface area contributed by atoms with E-state index in [9.17, 15) is 43.2 Å². The number of hydrogen-bond acceptors (Lipinski definition) is 15. The van der Waals surface area contributed by atoms with Crippen LogP contribution >= 0.6 is 15.6 Å². The van der Waals surface area contributed by atoms with Crippen LogP contribution in [0.3, 0.4) is 0 Å². The van der Waals surface area contributed by atoms with E-state index in [-0.39, 0.29) is 25.7 Å². The molecule has 0 bridgehead atoms. The van der Waals surface area contributed by atoms with Crippen molar-refractivity contribution in [3.63, 3.8) is 0 Å². The molecule has 0 aromatic carbocycles. The Balaban J connectivity index is 5.23. The van der Waals surface area contributed by atoms with Crippen molar-refractivity contribution in [3.8, 4) is 0 Å². The van der Waals surface area contributed by atoms with E-state index in [1.165, 1.54) is 180 Å². The molecule has 3 N–H and O–H groups in total. The second kappa shape index (κ2) is 63.1. The molecule has 0 heterocycles. The van der Waals surface area contributed by atoms with Gasteiger partial charge in [-0.15, -0.1) is 0 Å². The molecule has 0 saturated heterocycles. The smallest absolute Gasteiger partial charge is 0.462 e. The molecule has 0 amide bonds. The van der Waals surface area contributed by atoms with Crippen LogP contribution < -0.4 is 0 Å². The molecule has 0 aliphatic heterocycles. The highest BCUT2D eigenvalue weighted by Crippen LogP contribution is 2.45. The van der Waals surface area contributed by atoms with Crippen molar-refractivity contribution in [1.29, 1.82) is 0 Å². The van der Waals surface area contributed by atoms with Gasteiger partial charge < -0.3 is 33.8 Å². The van der Waals surface area contributed by atoms with Crippen LogP contribution in [0.25, 0.3) is 0 Å². The predicted molar refractivity (Wildman–Crippen MR) is 363 cm³/mol. The van der Waals surface area contributed by atoms with Gasteiger partial charge in [0.15, 0.2) is 12.2 Å². The molecule has 0 fully saturated rings. The van der Waals surface area contributed by atoms with Crippen LogP contribution in [-0.4, -0.2) is 96.7 Å². The largest absolute Gasteiger partial charge is 0.472 e. The van der Waals surface area contributed by atoms with E-state index in [0.29, 0.717) is 25.7 Å². The third-order valence-corrected chi connectivity index (χ3v) is 18.7. The van der Waals surface area contributed by atoms with Gasteiger partial charge in [0.25, 0.3) is 0 Å². The highest BCUT2D eigenvalue weighted by atomic mass is 31.2. The van der Waals surface area contributed by atoms with Gasteiger partial charge in [-0.2, -0.15) is 0 Å². The summed E-state index contributed by atoms with van der Waals surface area (Å²) in [5.74, 6) is -0.623. The average Bonchev–Trinajstić information content (AvgIpc) is 3.47. The minimum atomic E-state index is -4.95. The van der Waals surface area contributed by atoms with Crippen LogP contribution in [0.2, 0.25) is 0 Å². The number of aliphatic hydroxyl groups excluding tert-OH is 1. The summed E-state index contributed by atoms with van der Waals surface area (Å²) in [5.41, 5.74) is 0. The van der Waals surface area contributed by atoms with Crippen LogP contribution in [-0.2, 0) is 65.4 Å². The first-order valence-corrected chi connectivity index (χ1v) is 40.0. The molecule has 3 unspecified atom stereocenters. The fourth-order valence-corrected chi connectivity index (χ4v) is 12.3. The SMILES string of the molecule is CCCCCCCCCCCCCCCCCCC(=O)O[C@H](COC(=O)CCCCCCCCCCCCCCC(C)C)COP(=O)(O)OC[C@@H](O)COP(=O)(O)OC[C@@H](COC(=O)CCCCCCCCCCC)OC(=O)CCCCCCCCC(C)CC. The fraction of sp³-hybridized carbons (Fsp3) is 0.944. The number of ether oxygens (including phenoxy) is 4. The minimum absolute atomic E-state index is 0.103. The van der Waals surface area contributed by atoms with Gasteiger partial charge in [-0.3, -0.25) is 37.3 Å². The predicted octanol–water partition coefficient (Wildman–Crippen LogP) is 20.4. The Morgan fingerprint density at radius 3 is 0.844 bits per heavy atom. The molecule has 0 aromatic rings. The van der Waals surface area contributed by atoms with Crippen LogP contribution in [0.15, 0.2) is 0 Å². The quantitative estimate of drug-likeness (QED) is 0.0222. The Morgan fingerprint density at radius 1 is 0.322 bits per heavy atom. The van der Waals surface area contributed by atoms with E-state index in [1.807, 2.05) is 0 Å². The number of phosphoric acid groups is 2. The first-order chi connectivity index (χ1) is 43.4. The summed E-state index contributed by atoms with van der Waals surface area (Å²) >= 11 is 0. The fourth-order valence-electron chi connectivity index (χ4n) is 10.7. The highest BCUT2D eigenvalue weighted by Gasteiger charge is 2.30. The van der Waals surface area contributed by atoms with Crippen molar-refractivity contribution >= 4 is 39.5 Å². The maximum absolute atomic E-state index is 13.0. The van der Waals surface area contributed by atoms with Crippen molar-refractivity contribution in [2.24, 2.45) is 11.8 Å². The zero-order valence-corrected chi connectivity index (χ0v) is 60.2. The van der Waals surface area contributed by atoms with Crippen molar-refractivity contribution < 1.29 is 80.2 Å². The summed E-state index contributed by atoms with van der Waals surface area (Å²) in [7, 11) is -9.90. The van der Waals surface area contributed by atoms with Gasteiger partial charge in [0.2, 0.25) is 0 Å². The first kappa shape index (κ1) is 88.1. The number of carbonyl (C=O) groups is 4. The van der Waals surface area contributed by atoms with Gasteiger partial charge in [-0.25, -0.2) is 9.13 Å². The number of hydrogen-bond donors (Lipinski definition) is 3. The second-order valence-corrected chi connectivity index (χ2v) is 29.3. The van der Waals surface area contributed by atoms with Crippen LogP contribution in [0.4, 0.5) is 0 Å². The Labute approximate surface area is 549 Å². The lowest BCUT2D eigenvalue weighted by Crippen LogP contribution is -2.30. The molecule has 19 heteroatoms. The molecule has 0 saturated carbocycles.